The molecule has 138 valence electrons. The molecule has 0 bridgehead atoms. The molecule has 0 unspecified atom stereocenters. The molecule has 0 spiro atoms. The normalized spacial score (nSPS) is 11.8. The number of carbonyl (C=O) groups excluding carboxylic acids is 1. The molecule has 0 radical (unpaired) electrons. The van der Waals surface area contributed by atoms with Crippen molar-refractivity contribution in [3.8, 4) is 5.69 Å². The van der Waals surface area contributed by atoms with Crippen LogP contribution in [0.3, 0.4) is 0 Å². The number of hydrogen-bond donors (Lipinski definition) is 2. The number of rotatable bonds is 5. The third-order valence-electron chi connectivity index (χ3n) is 2.97. The molecule has 2 rings (SSSR count). The Morgan fingerprint density at radius 2 is 1.92 bits per heavy atom. The molecule has 0 saturated carbocycles. The minimum Gasteiger partial charge on any atom is -0.344 e. The first kappa shape index (κ1) is 20.8. The second-order valence-electron chi connectivity index (χ2n) is 4.84. The minimum absolute atomic E-state index is 0. The number of nitrogens with two attached hydrogens (primary N) is 1. The zero-order valence-corrected chi connectivity index (χ0v) is 13.2. The molecular weight excluding hydrogens is 373 g/mol. The highest BCUT2D eigenvalue weighted by molar-refractivity contribution is 5.91. The third-order valence-corrected chi connectivity index (χ3v) is 2.97. The van der Waals surface area contributed by atoms with Crippen molar-refractivity contribution in [2.24, 2.45) is 5.73 Å². The van der Waals surface area contributed by atoms with Crippen molar-refractivity contribution in [1.82, 2.24) is 20.3 Å². The standard InChI is InChI=1S/C13H12F5N5O.ClH/c14-12(15,6-19)7-20-11(24)10-5-23(22-21-10)9-3-1-2-8(4-9)13(16,17)18;/h1-5H,6-7,19H2,(H,20,24);1H. The predicted molar refractivity (Wildman–Crippen MR) is 79.9 cm³/mol. The van der Waals surface area contributed by atoms with Gasteiger partial charge in [0.15, 0.2) is 5.69 Å². The zero-order valence-electron chi connectivity index (χ0n) is 12.4. The molecule has 0 atom stereocenters. The third kappa shape index (κ3) is 5.36. The van der Waals surface area contributed by atoms with Gasteiger partial charge in [-0.05, 0) is 18.2 Å². The Morgan fingerprint density at radius 3 is 2.52 bits per heavy atom. The Labute approximate surface area is 144 Å². The van der Waals surface area contributed by atoms with Crippen LogP contribution in [0.25, 0.3) is 5.69 Å². The number of amides is 1. The molecule has 2 aromatic rings. The molecule has 6 nitrogen and oxygen atoms in total. The number of hydrogen-bond acceptors (Lipinski definition) is 4. The Hall–Kier alpha value is -2.27. The van der Waals surface area contributed by atoms with Crippen LogP contribution in [0.4, 0.5) is 22.0 Å². The van der Waals surface area contributed by atoms with Crippen molar-refractivity contribution in [3.63, 3.8) is 0 Å². The van der Waals surface area contributed by atoms with Gasteiger partial charge in [0.1, 0.15) is 0 Å². The fourth-order valence-electron chi connectivity index (χ4n) is 1.69. The molecule has 0 saturated heterocycles. The molecule has 1 heterocycles. The lowest BCUT2D eigenvalue weighted by Gasteiger charge is -2.13. The highest BCUT2D eigenvalue weighted by Crippen LogP contribution is 2.30. The SMILES string of the molecule is Cl.NCC(F)(F)CNC(=O)c1cn(-c2cccc(C(F)(F)F)c2)nn1. The number of aromatic nitrogens is 3. The summed E-state index contributed by atoms with van der Waals surface area (Å²) in [4.78, 5) is 11.7. The minimum atomic E-state index is -4.54. The van der Waals surface area contributed by atoms with E-state index in [1.165, 1.54) is 12.1 Å². The van der Waals surface area contributed by atoms with Crippen molar-refractivity contribution in [2.45, 2.75) is 12.1 Å². The van der Waals surface area contributed by atoms with Gasteiger partial charge in [-0.2, -0.15) is 13.2 Å². The van der Waals surface area contributed by atoms with E-state index < -0.39 is 36.7 Å². The van der Waals surface area contributed by atoms with Gasteiger partial charge in [-0.3, -0.25) is 4.79 Å². The maximum atomic E-state index is 13.0. The fraction of sp³-hybridized carbons (Fsp3) is 0.308. The van der Waals surface area contributed by atoms with Gasteiger partial charge in [0, 0.05) is 0 Å². The summed E-state index contributed by atoms with van der Waals surface area (Å²) < 4.78 is 64.9. The summed E-state index contributed by atoms with van der Waals surface area (Å²) >= 11 is 0. The Kier molecular flexibility index (Phi) is 6.43. The molecule has 12 heteroatoms. The van der Waals surface area contributed by atoms with Gasteiger partial charge in [-0.1, -0.05) is 11.3 Å². The van der Waals surface area contributed by atoms with Gasteiger partial charge >= 0.3 is 6.18 Å². The lowest BCUT2D eigenvalue weighted by atomic mass is 10.2. The van der Waals surface area contributed by atoms with E-state index in [1.54, 1.807) is 0 Å². The smallest absolute Gasteiger partial charge is 0.344 e. The average Bonchev–Trinajstić information content (AvgIpc) is 3.02. The van der Waals surface area contributed by atoms with Crippen molar-refractivity contribution >= 4 is 18.3 Å². The summed E-state index contributed by atoms with van der Waals surface area (Å²) in [7, 11) is 0. The number of carbonyl (C=O) groups is 1. The second kappa shape index (κ2) is 7.74. The summed E-state index contributed by atoms with van der Waals surface area (Å²) in [5, 5.41) is 8.90. The Bertz CT molecular complexity index is 734. The quantitative estimate of drug-likeness (QED) is 0.771. The van der Waals surface area contributed by atoms with Crippen LogP contribution in [-0.4, -0.2) is 39.9 Å². The van der Waals surface area contributed by atoms with E-state index in [2.05, 4.69) is 10.3 Å². The topological polar surface area (TPSA) is 85.8 Å². The second-order valence-corrected chi connectivity index (χ2v) is 4.84. The van der Waals surface area contributed by atoms with E-state index in [0.717, 1.165) is 23.0 Å². The van der Waals surface area contributed by atoms with Gasteiger partial charge in [0.05, 0.1) is 30.5 Å². The van der Waals surface area contributed by atoms with E-state index in [-0.39, 0.29) is 23.8 Å². The molecule has 1 amide bonds. The molecule has 1 aromatic heterocycles. The van der Waals surface area contributed by atoms with Gasteiger partial charge in [0.2, 0.25) is 0 Å². The zero-order chi connectivity index (χ0) is 18.0. The van der Waals surface area contributed by atoms with E-state index in [4.69, 9.17) is 5.73 Å². The van der Waals surface area contributed by atoms with Crippen LogP contribution >= 0.6 is 12.4 Å². The summed E-state index contributed by atoms with van der Waals surface area (Å²) in [6.45, 7) is -1.93. The number of nitrogens with one attached hydrogen (secondary N) is 1. The van der Waals surface area contributed by atoms with Crippen molar-refractivity contribution in [1.29, 1.82) is 0 Å². The van der Waals surface area contributed by atoms with Crippen LogP contribution in [0.15, 0.2) is 30.5 Å². The van der Waals surface area contributed by atoms with Crippen molar-refractivity contribution < 1.29 is 26.7 Å². The maximum absolute atomic E-state index is 13.0. The molecule has 0 fully saturated rings. The van der Waals surface area contributed by atoms with Gasteiger partial charge in [-0.25, -0.2) is 13.5 Å². The number of alkyl halides is 5. The number of benzene rings is 1. The van der Waals surface area contributed by atoms with E-state index in [0.29, 0.717) is 0 Å². The monoisotopic (exact) mass is 385 g/mol. The molecule has 0 aliphatic heterocycles. The Balaban J connectivity index is 0.00000312. The van der Waals surface area contributed by atoms with E-state index in [1.807, 2.05) is 5.32 Å². The van der Waals surface area contributed by atoms with Crippen molar-refractivity contribution in [2.75, 3.05) is 13.1 Å². The lowest BCUT2D eigenvalue weighted by Crippen LogP contribution is -2.41. The van der Waals surface area contributed by atoms with Crippen LogP contribution < -0.4 is 11.1 Å². The molecular formula is C13H13ClF5N5O. The number of nitrogens with zero attached hydrogens (tertiary/aromatic N) is 3. The first-order valence-corrected chi connectivity index (χ1v) is 6.58. The van der Waals surface area contributed by atoms with Crippen LogP contribution in [0.5, 0.6) is 0 Å². The summed E-state index contributed by atoms with van der Waals surface area (Å²) in [5.41, 5.74) is 3.63. The van der Waals surface area contributed by atoms with Crippen molar-refractivity contribution in [3.05, 3.63) is 41.7 Å². The molecule has 3 N–H and O–H groups in total. The lowest BCUT2D eigenvalue weighted by molar-refractivity contribution is -0.137. The predicted octanol–water partition coefficient (Wildman–Crippen LogP) is 2.03. The first-order valence-electron chi connectivity index (χ1n) is 6.58. The molecule has 25 heavy (non-hydrogen) atoms. The highest BCUT2D eigenvalue weighted by atomic mass is 35.5. The van der Waals surface area contributed by atoms with Gasteiger partial charge in [-0.15, -0.1) is 17.5 Å². The number of halogens is 6. The highest BCUT2D eigenvalue weighted by Gasteiger charge is 2.31. The van der Waals surface area contributed by atoms with Gasteiger partial charge in [0.25, 0.3) is 11.8 Å². The van der Waals surface area contributed by atoms with Crippen LogP contribution in [0.1, 0.15) is 16.1 Å². The maximum Gasteiger partial charge on any atom is 0.416 e. The largest absolute Gasteiger partial charge is 0.416 e. The average molecular weight is 386 g/mol. The molecule has 0 aliphatic rings. The van der Waals surface area contributed by atoms with E-state index >= 15 is 0 Å². The summed E-state index contributed by atoms with van der Waals surface area (Å²) in [6, 6.07) is 4.19. The first-order chi connectivity index (χ1) is 11.1. The van der Waals surface area contributed by atoms with Crippen LogP contribution in [0, 0.1) is 0 Å². The van der Waals surface area contributed by atoms with Gasteiger partial charge < -0.3 is 11.1 Å². The van der Waals surface area contributed by atoms with Crippen LogP contribution in [0.2, 0.25) is 0 Å². The van der Waals surface area contributed by atoms with E-state index in [9.17, 15) is 26.7 Å². The Morgan fingerprint density at radius 1 is 1.24 bits per heavy atom. The summed E-state index contributed by atoms with van der Waals surface area (Å²) in [5.74, 6) is -4.21. The molecule has 1 aromatic carbocycles. The molecule has 0 aliphatic carbocycles. The summed E-state index contributed by atoms with van der Waals surface area (Å²) in [6.07, 6.45) is -3.50. The fourth-order valence-corrected chi connectivity index (χ4v) is 1.69. The van der Waals surface area contributed by atoms with Crippen LogP contribution in [-0.2, 0) is 6.18 Å².